The fourth-order valence-electron chi connectivity index (χ4n) is 4.02. The molecule has 0 aromatic carbocycles. The molecule has 0 atom stereocenters. The number of hydrogen-bond acceptors (Lipinski definition) is 5. The summed E-state index contributed by atoms with van der Waals surface area (Å²) in [5.41, 5.74) is 2.70. The number of ether oxygens (including phenoxy) is 2. The molecule has 4 rings (SSSR count). The SMILES string of the molecule is CCc1cc2c(s1)CCOC21CCN(Cc2ccc(OC)nc2)CC1. The Labute approximate surface area is 153 Å². The third kappa shape index (κ3) is 3.33. The summed E-state index contributed by atoms with van der Waals surface area (Å²) in [6.45, 7) is 6.21. The van der Waals surface area contributed by atoms with Crippen LogP contribution in [0.4, 0.5) is 0 Å². The van der Waals surface area contributed by atoms with E-state index < -0.39 is 0 Å². The zero-order chi connectivity index (χ0) is 17.3. The Bertz CT molecular complexity index is 718. The zero-order valence-electron chi connectivity index (χ0n) is 15.1. The fourth-order valence-corrected chi connectivity index (χ4v) is 5.19. The second kappa shape index (κ2) is 7.06. The van der Waals surface area contributed by atoms with E-state index in [0.717, 1.165) is 51.9 Å². The standard InChI is InChI=1S/C20H26N2O2S/c1-3-16-12-17-18(25-16)6-11-24-20(17)7-9-22(10-8-20)14-15-4-5-19(23-2)21-13-15/h4-5,12-13H,3,6-11,14H2,1-2H3. The van der Waals surface area contributed by atoms with Gasteiger partial charge in [-0.25, -0.2) is 4.98 Å². The Morgan fingerprint density at radius 2 is 2.16 bits per heavy atom. The van der Waals surface area contributed by atoms with Crippen molar-refractivity contribution < 1.29 is 9.47 Å². The Kier molecular flexibility index (Phi) is 4.80. The molecule has 2 aromatic heterocycles. The van der Waals surface area contributed by atoms with Gasteiger partial charge in [-0.15, -0.1) is 11.3 Å². The summed E-state index contributed by atoms with van der Waals surface area (Å²) in [5, 5.41) is 0. The van der Waals surface area contributed by atoms with Crippen molar-refractivity contribution in [2.75, 3.05) is 26.8 Å². The summed E-state index contributed by atoms with van der Waals surface area (Å²) in [4.78, 5) is 9.90. The van der Waals surface area contributed by atoms with E-state index in [4.69, 9.17) is 9.47 Å². The molecular formula is C20H26N2O2S. The first kappa shape index (κ1) is 17.0. The second-order valence-electron chi connectivity index (χ2n) is 6.98. The number of likely N-dealkylation sites (tertiary alicyclic amines) is 1. The van der Waals surface area contributed by atoms with Gasteiger partial charge in [0.15, 0.2) is 0 Å². The van der Waals surface area contributed by atoms with Crippen LogP contribution in [-0.4, -0.2) is 36.7 Å². The monoisotopic (exact) mass is 358 g/mol. The van der Waals surface area contributed by atoms with Gasteiger partial charge in [0.25, 0.3) is 0 Å². The predicted octanol–water partition coefficient (Wildman–Crippen LogP) is 3.78. The van der Waals surface area contributed by atoms with E-state index in [2.05, 4.69) is 28.9 Å². The minimum Gasteiger partial charge on any atom is -0.481 e. The first-order valence-corrected chi connectivity index (χ1v) is 10.0. The van der Waals surface area contributed by atoms with Gasteiger partial charge in [-0.2, -0.15) is 0 Å². The van der Waals surface area contributed by atoms with Gasteiger partial charge in [-0.1, -0.05) is 13.0 Å². The smallest absolute Gasteiger partial charge is 0.212 e. The fraction of sp³-hybridized carbons (Fsp3) is 0.550. The number of hydrogen-bond donors (Lipinski definition) is 0. The van der Waals surface area contributed by atoms with E-state index in [1.54, 1.807) is 12.0 Å². The molecule has 0 radical (unpaired) electrons. The number of nitrogens with zero attached hydrogens (tertiary/aromatic N) is 2. The molecule has 0 bridgehead atoms. The van der Waals surface area contributed by atoms with Gasteiger partial charge in [0, 0.05) is 48.1 Å². The summed E-state index contributed by atoms with van der Waals surface area (Å²) in [7, 11) is 1.65. The van der Waals surface area contributed by atoms with E-state index in [9.17, 15) is 0 Å². The number of thiophene rings is 1. The van der Waals surface area contributed by atoms with Crippen molar-refractivity contribution in [1.29, 1.82) is 0 Å². The van der Waals surface area contributed by atoms with Gasteiger partial charge >= 0.3 is 0 Å². The van der Waals surface area contributed by atoms with Crippen molar-refractivity contribution in [3.05, 3.63) is 45.3 Å². The first-order chi connectivity index (χ1) is 12.2. The summed E-state index contributed by atoms with van der Waals surface area (Å²) in [5.74, 6) is 0.675. The van der Waals surface area contributed by atoms with Gasteiger partial charge in [0.2, 0.25) is 5.88 Å². The Morgan fingerprint density at radius 3 is 2.84 bits per heavy atom. The Hall–Kier alpha value is -1.43. The highest BCUT2D eigenvalue weighted by atomic mass is 32.1. The summed E-state index contributed by atoms with van der Waals surface area (Å²) in [6, 6.07) is 6.47. The molecule has 0 saturated carbocycles. The number of aromatic nitrogens is 1. The maximum Gasteiger partial charge on any atom is 0.212 e. The lowest BCUT2D eigenvalue weighted by Crippen LogP contribution is -2.45. The van der Waals surface area contributed by atoms with Crippen molar-refractivity contribution in [1.82, 2.24) is 9.88 Å². The van der Waals surface area contributed by atoms with Crippen molar-refractivity contribution in [3.8, 4) is 5.88 Å². The van der Waals surface area contributed by atoms with Crippen LogP contribution in [0.1, 0.15) is 40.6 Å². The average Bonchev–Trinajstić information content (AvgIpc) is 3.09. The molecule has 2 aliphatic rings. The molecule has 0 aliphatic carbocycles. The average molecular weight is 359 g/mol. The maximum atomic E-state index is 6.37. The molecule has 0 N–H and O–H groups in total. The molecule has 0 amide bonds. The Balaban J connectivity index is 1.43. The minimum atomic E-state index is -0.0356. The van der Waals surface area contributed by atoms with Crippen molar-refractivity contribution in [3.63, 3.8) is 0 Å². The lowest BCUT2D eigenvalue weighted by Gasteiger charge is -2.44. The van der Waals surface area contributed by atoms with Crippen LogP contribution >= 0.6 is 11.3 Å². The van der Waals surface area contributed by atoms with Crippen LogP contribution < -0.4 is 4.74 Å². The van der Waals surface area contributed by atoms with E-state index in [1.807, 2.05) is 23.6 Å². The minimum absolute atomic E-state index is 0.0356. The number of methoxy groups -OCH3 is 1. The third-order valence-electron chi connectivity index (χ3n) is 5.48. The molecule has 1 fully saturated rings. The van der Waals surface area contributed by atoms with Gasteiger partial charge in [0.1, 0.15) is 0 Å². The highest BCUT2D eigenvalue weighted by Gasteiger charge is 2.41. The van der Waals surface area contributed by atoms with Crippen LogP contribution in [0.5, 0.6) is 5.88 Å². The quantitative estimate of drug-likeness (QED) is 0.833. The molecule has 1 saturated heterocycles. The zero-order valence-corrected chi connectivity index (χ0v) is 15.9. The number of piperidine rings is 1. The number of fused-ring (bicyclic) bond motifs is 2. The van der Waals surface area contributed by atoms with Crippen LogP contribution in [0.2, 0.25) is 0 Å². The molecule has 4 heterocycles. The molecular weight excluding hydrogens is 332 g/mol. The molecule has 5 heteroatoms. The number of rotatable bonds is 4. The molecule has 1 spiro atoms. The molecule has 4 nitrogen and oxygen atoms in total. The lowest BCUT2D eigenvalue weighted by atomic mass is 9.82. The third-order valence-corrected chi connectivity index (χ3v) is 6.82. The van der Waals surface area contributed by atoms with Crippen LogP contribution in [0.25, 0.3) is 0 Å². The molecule has 0 unspecified atom stereocenters. The lowest BCUT2D eigenvalue weighted by molar-refractivity contribution is -0.0981. The Morgan fingerprint density at radius 1 is 1.32 bits per heavy atom. The van der Waals surface area contributed by atoms with Gasteiger partial charge in [-0.05, 0) is 36.5 Å². The van der Waals surface area contributed by atoms with Crippen LogP contribution in [0.15, 0.2) is 24.4 Å². The summed E-state index contributed by atoms with van der Waals surface area (Å²) < 4.78 is 11.5. The van der Waals surface area contributed by atoms with Gasteiger partial charge in [-0.3, -0.25) is 4.90 Å². The van der Waals surface area contributed by atoms with Gasteiger partial charge in [0.05, 0.1) is 19.3 Å². The number of aryl methyl sites for hydroxylation is 1. The van der Waals surface area contributed by atoms with Crippen molar-refractivity contribution >= 4 is 11.3 Å². The van der Waals surface area contributed by atoms with Crippen molar-refractivity contribution in [2.45, 2.75) is 44.8 Å². The first-order valence-electron chi connectivity index (χ1n) is 9.20. The van der Waals surface area contributed by atoms with E-state index in [0.29, 0.717) is 5.88 Å². The molecule has 2 aromatic rings. The van der Waals surface area contributed by atoms with Crippen LogP contribution in [0, 0.1) is 0 Å². The second-order valence-corrected chi connectivity index (χ2v) is 8.20. The van der Waals surface area contributed by atoms with Crippen LogP contribution in [-0.2, 0) is 29.7 Å². The van der Waals surface area contributed by atoms with Crippen molar-refractivity contribution in [2.24, 2.45) is 0 Å². The highest BCUT2D eigenvalue weighted by molar-refractivity contribution is 7.12. The molecule has 134 valence electrons. The van der Waals surface area contributed by atoms with Crippen LogP contribution in [0.3, 0.4) is 0 Å². The summed E-state index contributed by atoms with van der Waals surface area (Å²) in [6.07, 6.45) is 6.31. The highest BCUT2D eigenvalue weighted by Crippen LogP contribution is 2.44. The number of pyridine rings is 1. The van der Waals surface area contributed by atoms with Gasteiger partial charge < -0.3 is 9.47 Å². The molecule has 25 heavy (non-hydrogen) atoms. The largest absolute Gasteiger partial charge is 0.481 e. The predicted molar refractivity (Wildman–Crippen MR) is 100 cm³/mol. The summed E-state index contributed by atoms with van der Waals surface area (Å²) >= 11 is 2.00. The maximum absolute atomic E-state index is 6.37. The topological polar surface area (TPSA) is 34.6 Å². The van der Waals surface area contributed by atoms with E-state index in [1.165, 1.54) is 16.0 Å². The normalized spacial score (nSPS) is 19.8. The van der Waals surface area contributed by atoms with E-state index >= 15 is 0 Å². The molecule has 2 aliphatic heterocycles. The van der Waals surface area contributed by atoms with E-state index in [-0.39, 0.29) is 5.60 Å².